The van der Waals surface area contributed by atoms with Crippen LogP contribution in [0.5, 0.6) is 0 Å². The molecule has 1 unspecified atom stereocenters. The summed E-state index contributed by atoms with van der Waals surface area (Å²) in [7, 11) is -3.35. The summed E-state index contributed by atoms with van der Waals surface area (Å²) in [5.41, 5.74) is 2.39. The fourth-order valence-corrected chi connectivity index (χ4v) is 3.88. The summed E-state index contributed by atoms with van der Waals surface area (Å²) < 4.78 is 64.4. The number of benzene rings is 1. The van der Waals surface area contributed by atoms with Crippen molar-refractivity contribution < 1.29 is 21.6 Å². The molecule has 3 rings (SSSR count). The van der Waals surface area contributed by atoms with Crippen molar-refractivity contribution in [2.24, 2.45) is 0 Å². The molecule has 0 spiro atoms. The summed E-state index contributed by atoms with van der Waals surface area (Å²) in [6.07, 6.45) is 0.106. The second-order valence-electron chi connectivity index (χ2n) is 5.94. The summed E-state index contributed by atoms with van der Waals surface area (Å²) in [6, 6.07) is 4.58. The summed E-state index contributed by atoms with van der Waals surface area (Å²) in [5.74, 6) is -0.00907. The molecule has 1 atom stereocenters. The van der Waals surface area contributed by atoms with Crippen molar-refractivity contribution in [1.29, 1.82) is 0 Å². The molecule has 0 amide bonds. The summed E-state index contributed by atoms with van der Waals surface area (Å²) in [6.45, 7) is 1.56. The van der Waals surface area contributed by atoms with E-state index in [1.807, 2.05) is 0 Å². The van der Waals surface area contributed by atoms with E-state index in [2.05, 4.69) is 9.71 Å². The molecule has 1 heterocycles. The Hall–Kier alpha value is -1.93. The van der Waals surface area contributed by atoms with Gasteiger partial charge in [0, 0.05) is 24.0 Å². The van der Waals surface area contributed by atoms with Crippen LogP contribution < -0.4 is 4.72 Å². The molecule has 25 heavy (non-hydrogen) atoms. The van der Waals surface area contributed by atoms with E-state index in [9.17, 15) is 21.6 Å². The number of aromatic nitrogens is 1. The highest BCUT2D eigenvalue weighted by molar-refractivity contribution is 7.89. The second-order valence-corrected chi connectivity index (χ2v) is 7.99. The molecule has 0 bridgehead atoms. The van der Waals surface area contributed by atoms with Crippen molar-refractivity contribution in [3.63, 3.8) is 0 Å². The van der Waals surface area contributed by atoms with Gasteiger partial charge in [-0.25, -0.2) is 13.1 Å². The smallest absolute Gasteiger partial charge is 0.264 e. The second kappa shape index (κ2) is 6.42. The number of sulfonamides is 1. The maximum Gasteiger partial charge on any atom is 0.416 e. The third-order valence-electron chi connectivity index (χ3n) is 4.37. The van der Waals surface area contributed by atoms with E-state index in [1.54, 1.807) is 19.3 Å². The van der Waals surface area contributed by atoms with Crippen LogP contribution in [0.1, 0.15) is 36.1 Å². The van der Waals surface area contributed by atoms with E-state index >= 15 is 0 Å². The highest BCUT2D eigenvalue weighted by atomic mass is 32.2. The highest BCUT2D eigenvalue weighted by Gasteiger charge is 2.31. The zero-order chi connectivity index (χ0) is 18.2. The normalized spacial score (nSPS) is 17.5. The molecule has 4 nitrogen and oxygen atoms in total. The molecule has 0 fully saturated rings. The number of fused-ring (bicyclic) bond motifs is 1. The molecule has 1 aliphatic rings. The van der Waals surface area contributed by atoms with Crippen LogP contribution in [0.4, 0.5) is 13.2 Å². The quantitative estimate of drug-likeness (QED) is 0.893. The van der Waals surface area contributed by atoms with Gasteiger partial charge in [-0.3, -0.25) is 4.98 Å². The predicted octanol–water partition coefficient (Wildman–Crippen LogP) is 3.69. The van der Waals surface area contributed by atoms with Crippen molar-refractivity contribution >= 4 is 10.0 Å². The maximum atomic E-state index is 12.7. The summed E-state index contributed by atoms with van der Waals surface area (Å²) in [4.78, 5) is 4.15. The van der Waals surface area contributed by atoms with Gasteiger partial charge in [0.15, 0.2) is 0 Å². The lowest BCUT2D eigenvalue weighted by Gasteiger charge is -2.14. The average Bonchev–Trinajstić information content (AvgIpc) is 2.97. The first-order valence-electron chi connectivity index (χ1n) is 7.85. The number of nitrogens with one attached hydrogen (secondary N) is 1. The zero-order valence-electron chi connectivity index (χ0n) is 13.5. The van der Waals surface area contributed by atoms with Crippen LogP contribution in [-0.4, -0.2) is 19.2 Å². The largest absolute Gasteiger partial charge is 0.416 e. The molecule has 0 aliphatic heterocycles. The molecule has 2 aromatic rings. The Bertz CT molecular complexity index is 878. The Morgan fingerprint density at radius 2 is 1.88 bits per heavy atom. The first-order valence-corrected chi connectivity index (χ1v) is 9.51. The fourth-order valence-electron chi connectivity index (χ4n) is 3.04. The molecular weight excluding hydrogens is 353 g/mol. The first kappa shape index (κ1) is 17.9. The van der Waals surface area contributed by atoms with Gasteiger partial charge in [-0.05, 0) is 48.6 Å². The van der Waals surface area contributed by atoms with Crippen LogP contribution in [0.25, 0.3) is 11.1 Å². The minimum Gasteiger partial charge on any atom is -0.264 e. The number of rotatable bonds is 4. The van der Waals surface area contributed by atoms with Crippen LogP contribution in [0.15, 0.2) is 36.7 Å². The number of alkyl halides is 3. The van der Waals surface area contributed by atoms with Crippen molar-refractivity contribution in [1.82, 2.24) is 9.71 Å². The minimum atomic E-state index is -4.38. The lowest BCUT2D eigenvalue weighted by molar-refractivity contribution is -0.137. The molecule has 1 N–H and O–H groups in total. The standard InChI is InChI=1S/C17H17F3N2O2S/c1-2-25(23,24)22-16-8-7-13-14(9-21-10-15(13)16)11-3-5-12(6-4-11)17(18,19)20/h3-6,9-10,16,22H,2,7-8H2,1H3. The van der Waals surface area contributed by atoms with Gasteiger partial charge in [0.2, 0.25) is 10.0 Å². The van der Waals surface area contributed by atoms with E-state index < -0.39 is 21.8 Å². The molecular formula is C17H17F3N2O2S. The van der Waals surface area contributed by atoms with Crippen LogP contribution in [-0.2, 0) is 22.6 Å². The van der Waals surface area contributed by atoms with Crippen molar-refractivity contribution in [2.75, 3.05) is 5.75 Å². The summed E-state index contributed by atoms with van der Waals surface area (Å²) >= 11 is 0. The first-order chi connectivity index (χ1) is 11.7. The van der Waals surface area contributed by atoms with Gasteiger partial charge in [-0.1, -0.05) is 12.1 Å². The zero-order valence-corrected chi connectivity index (χ0v) is 14.3. The Balaban J connectivity index is 1.95. The Morgan fingerprint density at radius 3 is 2.48 bits per heavy atom. The third kappa shape index (κ3) is 3.69. The van der Waals surface area contributed by atoms with E-state index in [4.69, 9.17) is 0 Å². The van der Waals surface area contributed by atoms with Crippen molar-refractivity contribution in [3.05, 3.63) is 53.3 Å². The Kier molecular flexibility index (Phi) is 4.59. The maximum absolute atomic E-state index is 12.7. The van der Waals surface area contributed by atoms with Gasteiger partial charge in [0.1, 0.15) is 0 Å². The summed E-state index contributed by atoms with van der Waals surface area (Å²) in [5, 5.41) is 0. The molecule has 1 aromatic carbocycles. The van der Waals surface area contributed by atoms with Gasteiger partial charge in [-0.15, -0.1) is 0 Å². The highest BCUT2D eigenvalue weighted by Crippen LogP contribution is 2.38. The monoisotopic (exact) mass is 370 g/mol. The van der Waals surface area contributed by atoms with Gasteiger partial charge in [0.25, 0.3) is 0 Å². The van der Waals surface area contributed by atoms with Crippen LogP contribution in [0.2, 0.25) is 0 Å². The molecule has 8 heteroatoms. The molecule has 1 aromatic heterocycles. The number of hydrogen-bond acceptors (Lipinski definition) is 3. The van der Waals surface area contributed by atoms with Crippen LogP contribution in [0, 0.1) is 0 Å². The topological polar surface area (TPSA) is 59.1 Å². The van der Waals surface area contributed by atoms with Gasteiger partial charge >= 0.3 is 6.18 Å². The number of pyridine rings is 1. The molecule has 134 valence electrons. The third-order valence-corrected chi connectivity index (χ3v) is 5.78. The number of halogens is 3. The Morgan fingerprint density at radius 1 is 1.20 bits per heavy atom. The predicted molar refractivity (Wildman–Crippen MR) is 88.3 cm³/mol. The average molecular weight is 370 g/mol. The lowest BCUT2D eigenvalue weighted by Crippen LogP contribution is -2.28. The van der Waals surface area contributed by atoms with Crippen LogP contribution >= 0.6 is 0 Å². The van der Waals surface area contributed by atoms with E-state index in [-0.39, 0.29) is 11.8 Å². The Labute approximate surface area is 144 Å². The van der Waals surface area contributed by atoms with Crippen LogP contribution in [0.3, 0.4) is 0 Å². The molecule has 0 saturated carbocycles. The van der Waals surface area contributed by atoms with Crippen molar-refractivity contribution in [2.45, 2.75) is 32.0 Å². The van der Waals surface area contributed by atoms with Gasteiger partial charge < -0.3 is 0 Å². The van der Waals surface area contributed by atoms with E-state index in [0.29, 0.717) is 18.4 Å². The SMILES string of the molecule is CCS(=O)(=O)NC1CCc2c(-c3ccc(C(F)(F)F)cc3)cncc21. The molecule has 0 radical (unpaired) electrons. The molecule has 0 saturated heterocycles. The number of hydrogen-bond donors (Lipinski definition) is 1. The van der Waals surface area contributed by atoms with Crippen molar-refractivity contribution in [3.8, 4) is 11.1 Å². The molecule has 1 aliphatic carbocycles. The minimum absolute atomic E-state index is 0.00907. The lowest BCUT2D eigenvalue weighted by atomic mass is 9.98. The number of nitrogens with zero attached hydrogens (tertiary/aromatic N) is 1. The van der Waals surface area contributed by atoms with Gasteiger partial charge in [-0.2, -0.15) is 13.2 Å². The van der Waals surface area contributed by atoms with E-state index in [1.165, 1.54) is 12.1 Å². The van der Waals surface area contributed by atoms with E-state index in [0.717, 1.165) is 28.8 Å². The fraction of sp³-hybridized carbons (Fsp3) is 0.353. The van der Waals surface area contributed by atoms with Gasteiger partial charge in [0.05, 0.1) is 11.3 Å².